The monoisotopic (exact) mass is 491 g/mol. The van der Waals surface area contributed by atoms with Crippen LogP contribution in [0.25, 0.3) is 10.9 Å². The first-order valence-corrected chi connectivity index (χ1v) is 11.9. The molecular weight excluding hydrogens is 457 g/mol. The van der Waals surface area contributed by atoms with E-state index in [1.54, 1.807) is 6.20 Å². The molecule has 8 heteroatoms. The summed E-state index contributed by atoms with van der Waals surface area (Å²) in [5, 5.41) is 10.5. The van der Waals surface area contributed by atoms with Gasteiger partial charge in [0.15, 0.2) is 0 Å². The van der Waals surface area contributed by atoms with Gasteiger partial charge in [-0.15, -0.1) is 24.8 Å². The van der Waals surface area contributed by atoms with Crippen molar-refractivity contribution in [2.45, 2.75) is 50.9 Å². The van der Waals surface area contributed by atoms with Crippen LogP contribution in [0.4, 0.5) is 5.69 Å². The smallest absolute Gasteiger partial charge is 0.101 e. The summed E-state index contributed by atoms with van der Waals surface area (Å²) in [6.07, 6.45) is 7.56. The van der Waals surface area contributed by atoms with Crippen LogP contribution in [0.5, 0.6) is 0 Å². The Hall–Kier alpha value is -1.62. The van der Waals surface area contributed by atoms with Crippen LogP contribution in [0.2, 0.25) is 0 Å². The van der Waals surface area contributed by atoms with Crippen molar-refractivity contribution in [2.75, 3.05) is 50.7 Å². The second-order valence-corrected chi connectivity index (χ2v) is 9.42. The van der Waals surface area contributed by atoms with Crippen LogP contribution >= 0.6 is 24.8 Å². The van der Waals surface area contributed by atoms with Gasteiger partial charge in [0.1, 0.15) is 6.07 Å². The number of rotatable bonds is 4. The SMILES string of the molecule is C[C@@H]1CN(c2ccc(C#N)c3ncccc23)C[C@@H](CN2CC[C@H](N3CCCCC3)C2)O1.Cl.Cl. The minimum Gasteiger partial charge on any atom is -0.370 e. The molecule has 0 spiro atoms. The zero-order chi connectivity index (χ0) is 21.2. The predicted octanol–water partition coefficient (Wildman–Crippen LogP) is 4.10. The molecule has 0 N–H and O–H groups in total. The highest BCUT2D eigenvalue weighted by Crippen LogP contribution is 2.30. The van der Waals surface area contributed by atoms with E-state index in [9.17, 15) is 5.26 Å². The lowest BCUT2D eigenvalue weighted by Gasteiger charge is -2.40. The average molecular weight is 492 g/mol. The molecule has 3 fully saturated rings. The van der Waals surface area contributed by atoms with Crippen molar-refractivity contribution in [3.05, 3.63) is 36.0 Å². The van der Waals surface area contributed by atoms with E-state index in [0.29, 0.717) is 5.56 Å². The van der Waals surface area contributed by atoms with E-state index in [2.05, 4.69) is 44.8 Å². The third kappa shape index (κ3) is 5.72. The van der Waals surface area contributed by atoms with Crippen molar-refractivity contribution < 1.29 is 4.74 Å². The maximum absolute atomic E-state index is 9.46. The molecular formula is C25H35Cl2N5O. The minimum atomic E-state index is 0. The van der Waals surface area contributed by atoms with Crippen molar-refractivity contribution in [3.63, 3.8) is 0 Å². The highest BCUT2D eigenvalue weighted by atomic mass is 35.5. The molecule has 5 rings (SSSR count). The zero-order valence-corrected chi connectivity index (χ0v) is 21.0. The molecule has 0 amide bonds. The topological polar surface area (TPSA) is 55.6 Å². The second-order valence-electron chi connectivity index (χ2n) is 9.42. The van der Waals surface area contributed by atoms with Gasteiger partial charge in [-0.25, -0.2) is 0 Å². The number of ether oxygens (including phenoxy) is 1. The lowest BCUT2D eigenvalue weighted by Crippen LogP contribution is -2.51. The molecule has 0 saturated carbocycles. The van der Waals surface area contributed by atoms with Crippen molar-refractivity contribution in [3.8, 4) is 6.07 Å². The molecule has 2 aromatic rings. The molecule has 6 nitrogen and oxygen atoms in total. The normalized spacial score (nSPS) is 26.4. The number of nitriles is 1. The standard InChI is InChI=1S/C25H33N5O.2ClH/c1-19-15-30(24-8-7-20(14-26)25-23(24)6-5-10-27-25)18-22(31-19)17-28-13-9-21(16-28)29-11-3-2-4-12-29;;/h5-8,10,19,21-22H,2-4,9,11-13,15-18H2,1H3;2*1H/t19-,21+,22-;;/m1../s1. The molecule has 0 radical (unpaired) electrons. The Morgan fingerprint density at radius 3 is 2.67 bits per heavy atom. The number of morpholine rings is 1. The molecule has 33 heavy (non-hydrogen) atoms. The summed E-state index contributed by atoms with van der Waals surface area (Å²) < 4.78 is 6.37. The Labute approximate surface area is 209 Å². The number of hydrogen-bond donors (Lipinski definition) is 0. The van der Waals surface area contributed by atoms with Crippen LogP contribution in [-0.4, -0.2) is 78.8 Å². The highest BCUT2D eigenvalue weighted by molar-refractivity contribution is 5.95. The van der Waals surface area contributed by atoms with E-state index in [4.69, 9.17) is 4.74 Å². The molecule has 1 aromatic heterocycles. The predicted molar refractivity (Wildman–Crippen MR) is 138 cm³/mol. The summed E-state index contributed by atoms with van der Waals surface area (Å²) in [6, 6.07) is 11.0. The number of pyridine rings is 1. The number of fused-ring (bicyclic) bond motifs is 1. The Kier molecular flexibility index (Phi) is 9.20. The maximum atomic E-state index is 9.46. The summed E-state index contributed by atoms with van der Waals surface area (Å²) >= 11 is 0. The van der Waals surface area contributed by atoms with Crippen molar-refractivity contribution in [1.29, 1.82) is 5.26 Å². The second kappa shape index (κ2) is 11.7. The fourth-order valence-electron chi connectivity index (χ4n) is 5.71. The van der Waals surface area contributed by atoms with Crippen molar-refractivity contribution in [1.82, 2.24) is 14.8 Å². The van der Waals surface area contributed by atoms with Crippen LogP contribution < -0.4 is 4.90 Å². The van der Waals surface area contributed by atoms with Crippen LogP contribution in [0.15, 0.2) is 30.5 Å². The van der Waals surface area contributed by atoms with Crippen molar-refractivity contribution >= 4 is 41.4 Å². The summed E-state index contributed by atoms with van der Waals surface area (Å²) in [5.41, 5.74) is 2.59. The van der Waals surface area contributed by atoms with E-state index in [-0.39, 0.29) is 37.0 Å². The summed E-state index contributed by atoms with van der Waals surface area (Å²) in [7, 11) is 0. The van der Waals surface area contributed by atoms with Crippen LogP contribution in [0, 0.1) is 11.3 Å². The van der Waals surface area contributed by atoms with Gasteiger partial charge in [0, 0.05) is 49.5 Å². The van der Waals surface area contributed by atoms with Crippen LogP contribution in [0.1, 0.15) is 38.2 Å². The van der Waals surface area contributed by atoms with E-state index in [1.165, 1.54) is 51.9 Å². The highest BCUT2D eigenvalue weighted by Gasteiger charge is 2.33. The first-order valence-electron chi connectivity index (χ1n) is 11.9. The molecule has 180 valence electrons. The molecule has 0 aliphatic carbocycles. The van der Waals surface area contributed by atoms with Gasteiger partial charge in [-0.05, 0) is 70.1 Å². The van der Waals surface area contributed by atoms with Gasteiger partial charge < -0.3 is 9.64 Å². The van der Waals surface area contributed by atoms with E-state index < -0.39 is 0 Å². The van der Waals surface area contributed by atoms with Crippen molar-refractivity contribution in [2.24, 2.45) is 0 Å². The average Bonchev–Trinajstić information content (AvgIpc) is 3.27. The van der Waals surface area contributed by atoms with E-state index in [0.717, 1.165) is 42.3 Å². The largest absolute Gasteiger partial charge is 0.370 e. The first-order chi connectivity index (χ1) is 15.2. The number of anilines is 1. The molecule has 3 atom stereocenters. The number of likely N-dealkylation sites (tertiary alicyclic amines) is 2. The first kappa shape index (κ1) is 26.0. The summed E-state index contributed by atoms with van der Waals surface area (Å²) in [4.78, 5) is 12.2. The summed E-state index contributed by atoms with van der Waals surface area (Å²) in [6.45, 7) is 9.83. The number of benzene rings is 1. The molecule has 0 unspecified atom stereocenters. The van der Waals surface area contributed by atoms with Gasteiger partial charge in [-0.3, -0.25) is 14.8 Å². The van der Waals surface area contributed by atoms with Crippen LogP contribution in [-0.2, 0) is 4.74 Å². The molecule has 3 aliphatic rings. The number of piperidine rings is 1. The van der Waals surface area contributed by atoms with Gasteiger partial charge in [0.05, 0.1) is 23.3 Å². The number of nitrogens with zero attached hydrogens (tertiary/aromatic N) is 5. The Morgan fingerprint density at radius 1 is 1.06 bits per heavy atom. The number of halogens is 2. The van der Waals surface area contributed by atoms with Crippen LogP contribution in [0.3, 0.4) is 0 Å². The Balaban J connectivity index is 0.00000153. The van der Waals surface area contributed by atoms with Gasteiger partial charge in [-0.2, -0.15) is 5.26 Å². The minimum absolute atomic E-state index is 0. The zero-order valence-electron chi connectivity index (χ0n) is 19.4. The van der Waals surface area contributed by atoms with Gasteiger partial charge in [0.2, 0.25) is 0 Å². The lowest BCUT2D eigenvalue weighted by atomic mass is 10.1. The molecule has 1 aromatic carbocycles. The number of aromatic nitrogens is 1. The Bertz CT molecular complexity index is 961. The maximum Gasteiger partial charge on any atom is 0.101 e. The molecule has 3 saturated heterocycles. The van der Waals surface area contributed by atoms with E-state index in [1.807, 2.05) is 12.1 Å². The number of hydrogen-bond acceptors (Lipinski definition) is 6. The molecule has 4 heterocycles. The molecule has 0 bridgehead atoms. The fraction of sp³-hybridized carbons (Fsp3) is 0.600. The van der Waals surface area contributed by atoms with Gasteiger partial charge in [-0.1, -0.05) is 6.42 Å². The Morgan fingerprint density at radius 2 is 1.88 bits per heavy atom. The lowest BCUT2D eigenvalue weighted by molar-refractivity contribution is -0.0301. The third-order valence-electron chi connectivity index (χ3n) is 7.15. The van der Waals surface area contributed by atoms with Gasteiger partial charge >= 0.3 is 0 Å². The quantitative estimate of drug-likeness (QED) is 0.641. The fourth-order valence-corrected chi connectivity index (χ4v) is 5.71. The van der Waals surface area contributed by atoms with E-state index >= 15 is 0 Å². The third-order valence-corrected chi connectivity index (χ3v) is 7.15. The van der Waals surface area contributed by atoms with Gasteiger partial charge in [0.25, 0.3) is 0 Å². The molecule has 3 aliphatic heterocycles. The summed E-state index contributed by atoms with van der Waals surface area (Å²) in [5.74, 6) is 0.